The van der Waals surface area contributed by atoms with Gasteiger partial charge < -0.3 is 9.64 Å². The zero-order chi connectivity index (χ0) is 19.7. The molecular weight excluding hydrogens is 361 g/mol. The van der Waals surface area contributed by atoms with Gasteiger partial charge in [0.25, 0.3) is 5.91 Å². The lowest BCUT2D eigenvalue weighted by Gasteiger charge is -2.15. The minimum absolute atomic E-state index is 0.0361. The zero-order valence-electron chi connectivity index (χ0n) is 15.7. The second kappa shape index (κ2) is 7.38. The fraction of sp³-hybridized carbons (Fsp3) is 0.300. The lowest BCUT2D eigenvalue weighted by Crippen LogP contribution is -2.28. The highest BCUT2D eigenvalue weighted by Gasteiger charge is 2.30. The maximum atomic E-state index is 13.1. The van der Waals surface area contributed by atoms with Crippen LogP contribution in [0.3, 0.4) is 0 Å². The molecule has 7 nitrogen and oxygen atoms in total. The number of halogens is 1. The Morgan fingerprint density at radius 3 is 2.75 bits per heavy atom. The van der Waals surface area contributed by atoms with Gasteiger partial charge in [0, 0.05) is 44.0 Å². The predicted octanol–water partition coefficient (Wildman–Crippen LogP) is 3.08. The molecule has 1 saturated heterocycles. The van der Waals surface area contributed by atoms with Crippen molar-refractivity contribution in [2.24, 2.45) is 7.05 Å². The molecule has 0 bridgehead atoms. The Balaban J connectivity index is 1.49. The van der Waals surface area contributed by atoms with E-state index < -0.39 is 0 Å². The maximum absolute atomic E-state index is 13.1. The van der Waals surface area contributed by atoms with Gasteiger partial charge in [0.05, 0.1) is 11.8 Å². The van der Waals surface area contributed by atoms with Crippen LogP contribution in [0.4, 0.5) is 4.39 Å². The number of amides is 1. The highest BCUT2D eigenvalue weighted by Crippen LogP contribution is 2.28. The summed E-state index contributed by atoms with van der Waals surface area (Å²) in [6.07, 6.45) is 4.08. The number of carbonyl (C=O) groups is 1. The van der Waals surface area contributed by atoms with Crippen LogP contribution in [0, 0.1) is 12.7 Å². The molecule has 1 aliphatic heterocycles. The summed E-state index contributed by atoms with van der Waals surface area (Å²) in [5.74, 6) is 1.24. The normalized spacial score (nSPS) is 16.4. The molecule has 0 aliphatic carbocycles. The molecule has 28 heavy (non-hydrogen) atoms. The van der Waals surface area contributed by atoms with E-state index in [1.165, 1.54) is 12.1 Å². The number of aromatic nitrogens is 4. The first kappa shape index (κ1) is 18.1. The van der Waals surface area contributed by atoms with Gasteiger partial charge in [-0.1, -0.05) is 0 Å². The van der Waals surface area contributed by atoms with E-state index in [9.17, 15) is 9.18 Å². The smallest absolute Gasteiger partial charge is 0.257 e. The highest BCUT2D eigenvalue weighted by atomic mass is 19.1. The van der Waals surface area contributed by atoms with Gasteiger partial charge in [-0.15, -0.1) is 0 Å². The van der Waals surface area contributed by atoms with E-state index in [2.05, 4.69) is 15.1 Å². The van der Waals surface area contributed by atoms with Gasteiger partial charge >= 0.3 is 0 Å². The van der Waals surface area contributed by atoms with Crippen LogP contribution in [0.1, 0.15) is 34.2 Å². The molecular formula is C20H20FN5O2. The van der Waals surface area contributed by atoms with Crippen LogP contribution < -0.4 is 4.74 Å². The van der Waals surface area contributed by atoms with Crippen molar-refractivity contribution < 1.29 is 13.9 Å². The van der Waals surface area contributed by atoms with Crippen LogP contribution in [0.5, 0.6) is 11.6 Å². The van der Waals surface area contributed by atoms with Gasteiger partial charge in [-0.3, -0.25) is 9.48 Å². The van der Waals surface area contributed by atoms with E-state index in [0.717, 1.165) is 12.1 Å². The topological polar surface area (TPSA) is 73.1 Å². The molecule has 3 aromatic rings. The summed E-state index contributed by atoms with van der Waals surface area (Å²) in [7, 11) is 1.78. The molecule has 0 radical (unpaired) electrons. The van der Waals surface area contributed by atoms with Crippen molar-refractivity contribution in [2.75, 3.05) is 13.1 Å². The van der Waals surface area contributed by atoms with E-state index in [1.54, 1.807) is 47.2 Å². The summed E-state index contributed by atoms with van der Waals surface area (Å²) in [4.78, 5) is 23.5. The lowest BCUT2D eigenvalue weighted by molar-refractivity contribution is 0.0790. The van der Waals surface area contributed by atoms with Crippen LogP contribution in [0.25, 0.3) is 0 Å². The zero-order valence-corrected chi connectivity index (χ0v) is 15.7. The first-order chi connectivity index (χ1) is 13.5. The van der Waals surface area contributed by atoms with E-state index in [-0.39, 0.29) is 17.6 Å². The van der Waals surface area contributed by atoms with Gasteiger partial charge in [0.1, 0.15) is 17.4 Å². The molecule has 0 unspecified atom stereocenters. The van der Waals surface area contributed by atoms with E-state index in [0.29, 0.717) is 36.1 Å². The highest BCUT2D eigenvalue weighted by molar-refractivity contribution is 5.93. The minimum atomic E-state index is -0.323. The molecule has 2 aromatic heterocycles. The number of hydrogen-bond acceptors (Lipinski definition) is 5. The number of rotatable bonds is 4. The molecule has 8 heteroatoms. The second-order valence-electron chi connectivity index (χ2n) is 6.90. The van der Waals surface area contributed by atoms with Crippen LogP contribution in [0.2, 0.25) is 0 Å². The number of carbonyl (C=O) groups excluding carboxylic acids is 1. The third-order valence-electron chi connectivity index (χ3n) is 4.68. The molecule has 1 atom stereocenters. The molecule has 1 aromatic carbocycles. The Kier molecular flexibility index (Phi) is 4.77. The Labute approximate surface area is 161 Å². The van der Waals surface area contributed by atoms with Crippen molar-refractivity contribution in [1.29, 1.82) is 0 Å². The third kappa shape index (κ3) is 3.85. The van der Waals surface area contributed by atoms with Crippen molar-refractivity contribution >= 4 is 5.91 Å². The van der Waals surface area contributed by atoms with E-state index in [1.807, 2.05) is 6.92 Å². The second-order valence-corrected chi connectivity index (χ2v) is 6.90. The molecule has 0 N–H and O–H groups in total. The number of likely N-dealkylation sites (tertiary alicyclic amines) is 1. The fourth-order valence-corrected chi connectivity index (χ4v) is 3.29. The van der Waals surface area contributed by atoms with E-state index in [4.69, 9.17) is 4.74 Å². The largest absolute Gasteiger partial charge is 0.439 e. The van der Waals surface area contributed by atoms with Crippen molar-refractivity contribution in [3.63, 3.8) is 0 Å². The lowest BCUT2D eigenvalue weighted by atomic mass is 10.1. The van der Waals surface area contributed by atoms with Gasteiger partial charge in [-0.25, -0.2) is 9.37 Å². The first-order valence-corrected chi connectivity index (χ1v) is 9.05. The van der Waals surface area contributed by atoms with Gasteiger partial charge in [0.2, 0.25) is 5.88 Å². The SMILES string of the molecule is Cc1cc(Oc2ccc(F)cc2)nc([C@H]2CCN(C(=O)c3cnn(C)c3)C2)n1. The molecule has 144 valence electrons. The van der Waals surface area contributed by atoms with Crippen LogP contribution in [0.15, 0.2) is 42.7 Å². The monoisotopic (exact) mass is 381 g/mol. The third-order valence-corrected chi connectivity index (χ3v) is 4.68. The van der Waals surface area contributed by atoms with Gasteiger partial charge in [-0.2, -0.15) is 10.1 Å². The quantitative estimate of drug-likeness (QED) is 0.694. The van der Waals surface area contributed by atoms with Crippen molar-refractivity contribution in [1.82, 2.24) is 24.6 Å². The Morgan fingerprint density at radius 2 is 2.04 bits per heavy atom. The number of hydrogen-bond donors (Lipinski definition) is 0. The van der Waals surface area contributed by atoms with Crippen molar-refractivity contribution in [3.8, 4) is 11.6 Å². The molecule has 1 aliphatic rings. The molecule has 0 saturated carbocycles. The van der Waals surface area contributed by atoms with Crippen LogP contribution in [-0.4, -0.2) is 43.6 Å². The summed E-state index contributed by atoms with van der Waals surface area (Å²) in [5.41, 5.74) is 1.35. The predicted molar refractivity (Wildman–Crippen MR) is 99.7 cm³/mol. The Bertz CT molecular complexity index is 1000. The molecule has 1 amide bonds. The number of nitrogens with zero attached hydrogens (tertiary/aromatic N) is 5. The first-order valence-electron chi connectivity index (χ1n) is 9.05. The Hall–Kier alpha value is -3.29. The molecule has 0 spiro atoms. The number of ether oxygens (including phenoxy) is 1. The molecule has 3 heterocycles. The summed E-state index contributed by atoms with van der Waals surface area (Å²) >= 11 is 0. The molecule has 4 rings (SSSR count). The summed E-state index contributed by atoms with van der Waals surface area (Å²) in [6, 6.07) is 7.51. The Morgan fingerprint density at radius 1 is 1.25 bits per heavy atom. The minimum Gasteiger partial charge on any atom is -0.439 e. The van der Waals surface area contributed by atoms with Crippen LogP contribution >= 0.6 is 0 Å². The average molecular weight is 381 g/mol. The van der Waals surface area contributed by atoms with Gasteiger partial charge in [0.15, 0.2) is 0 Å². The number of benzene rings is 1. The maximum Gasteiger partial charge on any atom is 0.257 e. The summed E-state index contributed by atoms with van der Waals surface area (Å²) in [5, 5.41) is 4.06. The molecule has 1 fully saturated rings. The standard InChI is InChI=1S/C20H20FN5O2/c1-13-9-18(28-17-5-3-16(21)4-6-17)24-19(23-13)14-7-8-26(12-14)20(27)15-10-22-25(2)11-15/h3-6,9-11,14H,7-8,12H2,1-2H3/t14-/m0/s1. The fourth-order valence-electron chi connectivity index (χ4n) is 3.29. The average Bonchev–Trinajstić information content (AvgIpc) is 3.32. The van der Waals surface area contributed by atoms with Gasteiger partial charge in [-0.05, 0) is 37.6 Å². The summed E-state index contributed by atoms with van der Waals surface area (Å²) < 4.78 is 20.4. The van der Waals surface area contributed by atoms with Crippen LogP contribution in [-0.2, 0) is 7.05 Å². The van der Waals surface area contributed by atoms with E-state index >= 15 is 0 Å². The summed E-state index contributed by atoms with van der Waals surface area (Å²) in [6.45, 7) is 3.06. The number of aryl methyl sites for hydroxylation is 2. The van der Waals surface area contributed by atoms with Crippen molar-refractivity contribution in [2.45, 2.75) is 19.3 Å². The van der Waals surface area contributed by atoms with Crippen molar-refractivity contribution in [3.05, 3.63) is 65.6 Å².